The van der Waals surface area contributed by atoms with Crippen LogP contribution in [0, 0.1) is 0 Å². The second kappa shape index (κ2) is 10.2. The third-order valence-corrected chi connectivity index (χ3v) is 4.92. The van der Waals surface area contributed by atoms with Gasteiger partial charge < -0.3 is 19.5 Å². The average molecular weight is 503 g/mol. The normalized spacial score (nSPS) is 16.1. The number of hydrogen-bond acceptors (Lipinski definition) is 2. The van der Waals surface area contributed by atoms with Crippen molar-refractivity contribution in [1.29, 1.82) is 0 Å². The van der Waals surface area contributed by atoms with Gasteiger partial charge in [0.2, 0.25) is 0 Å². The smallest absolute Gasteiger partial charge is 0.194 e. The molecule has 7 heteroatoms. The Labute approximate surface area is 183 Å². The molecular formula is C20H28ClIN4O. The summed E-state index contributed by atoms with van der Waals surface area (Å²) >= 11 is 6.10. The molecule has 1 unspecified atom stereocenters. The highest BCUT2D eigenvalue weighted by Gasteiger charge is 2.21. The minimum atomic E-state index is 0. The maximum absolute atomic E-state index is 6.10. The number of ether oxygens (including phenoxy) is 1. The highest BCUT2D eigenvalue weighted by molar-refractivity contribution is 14.0. The van der Waals surface area contributed by atoms with Crippen LogP contribution in [-0.2, 0) is 13.6 Å². The third kappa shape index (κ3) is 5.54. The van der Waals surface area contributed by atoms with Gasteiger partial charge in [0.15, 0.2) is 5.96 Å². The minimum absolute atomic E-state index is 0. The number of guanidine groups is 1. The van der Waals surface area contributed by atoms with E-state index in [1.165, 1.54) is 5.56 Å². The van der Waals surface area contributed by atoms with Gasteiger partial charge in [-0.05, 0) is 31.0 Å². The number of rotatable bonds is 5. The van der Waals surface area contributed by atoms with E-state index in [1.54, 1.807) is 0 Å². The van der Waals surface area contributed by atoms with Gasteiger partial charge in [-0.2, -0.15) is 0 Å². The van der Waals surface area contributed by atoms with Crippen LogP contribution in [0.5, 0.6) is 5.75 Å². The molecule has 0 radical (unpaired) electrons. The molecular weight excluding hydrogens is 475 g/mol. The van der Waals surface area contributed by atoms with E-state index < -0.39 is 0 Å². The Morgan fingerprint density at radius 2 is 2.19 bits per heavy atom. The molecule has 27 heavy (non-hydrogen) atoms. The summed E-state index contributed by atoms with van der Waals surface area (Å²) in [6.07, 6.45) is 2.92. The molecule has 0 saturated heterocycles. The topological polar surface area (TPSA) is 41.8 Å². The van der Waals surface area contributed by atoms with E-state index in [4.69, 9.17) is 21.3 Å². The first-order valence-electron chi connectivity index (χ1n) is 9.10. The van der Waals surface area contributed by atoms with Crippen LogP contribution in [0.3, 0.4) is 0 Å². The van der Waals surface area contributed by atoms with E-state index in [2.05, 4.69) is 40.9 Å². The summed E-state index contributed by atoms with van der Waals surface area (Å²) in [5.41, 5.74) is 2.41. The number of fused-ring (bicyclic) bond motifs is 1. The van der Waals surface area contributed by atoms with Gasteiger partial charge in [0.05, 0.1) is 18.2 Å². The zero-order valence-corrected chi connectivity index (χ0v) is 19.2. The summed E-state index contributed by atoms with van der Waals surface area (Å²) in [5.74, 6) is 2.30. The first-order chi connectivity index (χ1) is 12.6. The highest BCUT2D eigenvalue weighted by Crippen LogP contribution is 2.33. The first kappa shape index (κ1) is 21.9. The van der Waals surface area contributed by atoms with Crippen LogP contribution >= 0.6 is 35.6 Å². The summed E-state index contributed by atoms with van der Waals surface area (Å²) in [4.78, 5) is 7.04. The second-order valence-corrected chi connectivity index (χ2v) is 7.12. The third-order valence-electron chi connectivity index (χ3n) is 4.71. The van der Waals surface area contributed by atoms with Gasteiger partial charge in [0.1, 0.15) is 5.75 Å². The number of aliphatic imine (C=N–C) groups is 1. The summed E-state index contributed by atoms with van der Waals surface area (Å²) in [5, 5.41) is 4.16. The molecule has 1 aliphatic heterocycles. The number of hydrogen-bond donors (Lipinski definition) is 1. The van der Waals surface area contributed by atoms with Gasteiger partial charge in [0, 0.05) is 45.0 Å². The molecule has 1 N–H and O–H groups in total. The van der Waals surface area contributed by atoms with Gasteiger partial charge in [-0.15, -0.1) is 24.0 Å². The lowest BCUT2D eigenvalue weighted by Gasteiger charge is -2.26. The molecule has 3 rings (SSSR count). The monoisotopic (exact) mass is 502 g/mol. The number of para-hydroxylation sites is 1. The molecule has 5 nitrogen and oxygen atoms in total. The van der Waals surface area contributed by atoms with Gasteiger partial charge in [-0.25, -0.2) is 0 Å². The summed E-state index contributed by atoms with van der Waals surface area (Å²) < 4.78 is 7.81. The fourth-order valence-corrected chi connectivity index (χ4v) is 3.59. The molecule has 1 aromatic heterocycles. The van der Waals surface area contributed by atoms with Crippen LogP contribution < -0.4 is 10.1 Å². The lowest BCUT2D eigenvalue weighted by Crippen LogP contribution is -2.39. The van der Waals surface area contributed by atoms with Crippen molar-refractivity contribution in [3.8, 4) is 5.75 Å². The van der Waals surface area contributed by atoms with Crippen LogP contribution in [0.1, 0.15) is 30.5 Å². The van der Waals surface area contributed by atoms with Crippen molar-refractivity contribution >= 4 is 41.5 Å². The number of halogens is 2. The standard InChI is InChI=1S/C20H27ClN4O.HI/c1-4-22-20(25(3)14-17-11-16(21)13-24(17)2)23-12-15-9-10-26-19-8-6-5-7-18(15)19;/h5-8,11,13,15H,4,9-10,12,14H2,1-3H3,(H,22,23);1H. The van der Waals surface area contributed by atoms with Crippen LogP contribution in [0.4, 0.5) is 0 Å². The Morgan fingerprint density at radius 3 is 2.89 bits per heavy atom. The quantitative estimate of drug-likeness (QED) is 0.377. The summed E-state index contributed by atoms with van der Waals surface area (Å²) in [6.45, 7) is 5.18. The molecule has 1 atom stereocenters. The van der Waals surface area contributed by atoms with Gasteiger partial charge in [-0.1, -0.05) is 29.8 Å². The Balaban J connectivity index is 0.00000261. The van der Waals surface area contributed by atoms with Crippen LogP contribution in [0.15, 0.2) is 41.5 Å². The molecule has 148 valence electrons. The van der Waals surface area contributed by atoms with E-state index >= 15 is 0 Å². The van der Waals surface area contributed by atoms with Crippen molar-refractivity contribution in [2.45, 2.75) is 25.8 Å². The predicted octanol–water partition coefficient (Wildman–Crippen LogP) is 4.26. The summed E-state index contributed by atoms with van der Waals surface area (Å²) in [6, 6.07) is 10.3. The SMILES string of the molecule is CCNC(=NCC1CCOc2ccccc21)N(C)Cc1cc(Cl)cn1C.I. The number of aryl methyl sites for hydroxylation is 1. The number of nitrogens with zero attached hydrogens (tertiary/aromatic N) is 3. The fourth-order valence-electron chi connectivity index (χ4n) is 3.31. The molecule has 0 saturated carbocycles. The average Bonchev–Trinajstić information content (AvgIpc) is 2.95. The van der Waals surface area contributed by atoms with E-state index in [0.717, 1.165) is 55.1 Å². The zero-order valence-electron chi connectivity index (χ0n) is 16.1. The van der Waals surface area contributed by atoms with E-state index in [1.807, 2.05) is 31.4 Å². The minimum Gasteiger partial charge on any atom is -0.493 e. The lowest BCUT2D eigenvalue weighted by atomic mass is 9.93. The number of nitrogens with one attached hydrogen (secondary N) is 1. The van der Waals surface area contributed by atoms with Gasteiger partial charge in [-0.3, -0.25) is 4.99 Å². The molecule has 0 spiro atoms. The Bertz CT molecular complexity index is 777. The van der Waals surface area contributed by atoms with Crippen molar-refractivity contribution < 1.29 is 4.74 Å². The predicted molar refractivity (Wildman–Crippen MR) is 123 cm³/mol. The molecule has 2 aromatic rings. The van der Waals surface area contributed by atoms with Crippen molar-refractivity contribution in [1.82, 2.24) is 14.8 Å². The maximum Gasteiger partial charge on any atom is 0.194 e. The largest absolute Gasteiger partial charge is 0.493 e. The molecule has 1 aromatic carbocycles. The Kier molecular flexibility index (Phi) is 8.28. The van der Waals surface area contributed by atoms with Crippen LogP contribution in [-0.4, -0.2) is 42.2 Å². The molecule has 0 fully saturated rings. The number of benzene rings is 1. The first-order valence-corrected chi connectivity index (χ1v) is 9.48. The molecule has 0 bridgehead atoms. The van der Waals surface area contributed by atoms with E-state index in [0.29, 0.717) is 5.92 Å². The molecule has 1 aliphatic rings. The lowest BCUT2D eigenvalue weighted by molar-refractivity contribution is 0.268. The van der Waals surface area contributed by atoms with Crippen molar-refractivity contribution in [3.05, 3.63) is 52.8 Å². The van der Waals surface area contributed by atoms with Crippen LogP contribution in [0.25, 0.3) is 0 Å². The highest BCUT2D eigenvalue weighted by atomic mass is 127. The van der Waals surface area contributed by atoms with Crippen molar-refractivity contribution in [2.75, 3.05) is 26.7 Å². The fraction of sp³-hybridized carbons (Fsp3) is 0.450. The zero-order chi connectivity index (χ0) is 18.5. The Hall–Kier alpha value is -1.41. The molecule has 0 aliphatic carbocycles. The van der Waals surface area contributed by atoms with E-state index in [-0.39, 0.29) is 24.0 Å². The van der Waals surface area contributed by atoms with E-state index in [9.17, 15) is 0 Å². The van der Waals surface area contributed by atoms with Gasteiger partial charge >= 0.3 is 0 Å². The second-order valence-electron chi connectivity index (χ2n) is 6.68. The van der Waals surface area contributed by atoms with Crippen molar-refractivity contribution in [2.24, 2.45) is 12.0 Å². The Morgan fingerprint density at radius 1 is 1.41 bits per heavy atom. The summed E-state index contributed by atoms with van der Waals surface area (Å²) in [7, 11) is 4.07. The number of aromatic nitrogens is 1. The van der Waals surface area contributed by atoms with Gasteiger partial charge in [0.25, 0.3) is 0 Å². The molecule has 2 heterocycles. The molecule has 0 amide bonds. The maximum atomic E-state index is 6.10. The van der Waals surface area contributed by atoms with Crippen LogP contribution in [0.2, 0.25) is 5.02 Å². The van der Waals surface area contributed by atoms with Crippen molar-refractivity contribution in [3.63, 3.8) is 0 Å².